The minimum absolute atomic E-state index is 0.133. The molecule has 0 saturated carbocycles. The zero-order chi connectivity index (χ0) is 23.0. The van der Waals surface area contributed by atoms with Crippen molar-refractivity contribution in [2.45, 2.75) is 6.42 Å². The summed E-state index contributed by atoms with van der Waals surface area (Å²) in [5, 5.41) is 7.66. The topological polar surface area (TPSA) is 53.4 Å². The van der Waals surface area contributed by atoms with Crippen molar-refractivity contribution >= 4 is 12.0 Å². The van der Waals surface area contributed by atoms with Crippen molar-refractivity contribution in [3.63, 3.8) is 0 Å². The van der Waals surface area contributed by atoms with E-state index < -0.39 is 0 Å². The molecule has 33 heavy (non-hydrogen) atoms. The Kier molecular flexibility index (Phi) is 7.65. The van der Waals surface area contributed by atoms with E-state index in [1.807, 2.05) is 36.5 Å². The molecule has 7 heteroatoms. The van der Waals surface area contributed by atoms with Gasteiger partial charge in [0.1, 0.15) is 5.82 Å². The Labute approximate surface area is 194 Å². The summed E-state index contributed by atoms with van der Waals surface area (Å²) in [5.41, 5.74) is 3.18. The molecule has 0 unspecified atom stereocenters. The highest BCUT2D eigenvalue weighted by Gasteiger charge is 2.13. The number of nitrogens with zero attached hydrogens (tertiary/aromatic N) is 4. The highest BCUT2D eigenvalue weighted by atomic mass is 19.1. The third-order valence-electron chi connectivity index (χ3n) is 5.84. The lowest BCUT2D eigenvalue weighted by molar-refractivity contribution is -0.116. The third-order valence-corrected chi connectivity index (χ3v) is 5.84. The number of nitrogens with one attached hydrogen (secondary N) is 1. The Morgan fingerprint density at radius 2 is 1.79 bits per heavy atom. The molecule has 172 valence electrons. The number of likely N-dealkylation sites (N-methyl/N-ethyl adjacent to an activating group) is 1. The Hall–Kier alpha value is -3.29. The van der Waals surface area contributed by atoms with Gasteiger partial charge in [0.2, 0.25) is 5.91 Å². The van der Waals surface area contributed by atoms with Crippen LogP contribution in [0.3, 0.4) is 0 Å². The summed E-state index contributed by atoms with van der Waals surface area (Å²) in [5.74, 6) is -0.430. The number of amides is 1. The number of para-hydroxylation sites is 1. The minimum atomic E-state index is -0.297. The lowest BCUT2D eigenvalue weighted by Gasteiger charge is -2.32. The Morgan fingerprint density at radius 3 is 2.52 bits per heavy atom. The molecule has 1 fully saturated rings. The molecule has 1 amide bonds. The summed E-state index contributed by atoms with van der Waals surface area (Å²) in [4.78, 5) is 17.2. The van der Waals surface area contributed by atoms with Crippen LogP contribution in [-0.2, 0) is 4.79 Å². The number of aromatic nitrogens is 2. The maximum Gasteiger partial charge on any atom is 0.244 e. The number of hydrogen-bond donors (Lipinski definition) is 1. The van der Waals surface area contributed by atoms with Crippen molar-refractivity contribution in [3.8, 4) is 16.9 Å². The molecule has 4 rings (SSSR count). The van der Waals surface area contributed by atoms with Gasteiger partial charge in [-0.15, -0.1) is 0 Å². The van der Waals surface area contributed by atoms with E-state index in [1.165, 1.54) is 18.2 Å². The first-order valence-electron chi connectivity index (χ1n) is 11.4. The third kappa shape index (κ3) is 6.37. The van der Waals surface area contributed by atoms with Crippen LogP contribution in [0.5, 0.6) is 0 Å². The van der Waals surface area contributed by atoms with Crippen LogP contribution in [0.25, 0.3) is 23.0 Å². The van der Waals surface area contributed by atoms with Gasteiger partial charge >= 0.3 is 0 Å². The van der Waals surface area contributed by atoms with Crippen LogP contribution in [0, 0.1) is 5.82 Å². The van der Waals surface area contributed by atoms with E-state index in [2.05, 4.69) is 22.2 Å². The molecule has 1 aliphatic rings. The van der Waals surface area contributed by atoms with Gasteiger partial charge in [-0.25, -0.2) is 9.07 Å². The number of hydrogen-bond acceptors (Lipinski definition) is 4. The van der Waals surface area contributed by atoms with Crippen LogP contribution in [0.15, 0.2) is 66.9 Å². The molecule has 2 heterocycles. The molecule has 1 N–H and O–H groups in total. The summed E-state index contributed by atoms with van der Waals surface area (Å²) in [6, 6.07) is 16.0. The predicted octanol–water partition coefficient (Wildman–Crippen LogP) is 3.45. The number of halogens is 1. The molecule has 0 aliphatic carbocycles. The smallest absolute Gasteiger partial charge is 0.244 e. The van der Waals surface area contributed by atoms with Crippen LogP contribution >= 0.6 is 0 Å². The van der Waals surface area contributed by atoms with Crippen LogP contribution < -0.4 is 5.32 Å². The van der Waals surface area contributed by atoms with Crippen LogP contribution in [0.1, 0.15) is 12.0 Å². The lowest BCUT2D eigenvalue weighted by atomic mass is 10.1. The van der Waals surface area contributed by atoms with Crippen molar-refractivity contribution in [2.24, 2.45) is 0 Å². The number of rotatable bonds is 8. The largest absolute Gasteiger partial charge is 0.353 e. The number of carbonyl (C=O) groups is 1. The lowest BCUT2D eigenvalue weighted by Crippen LogP contribution is -2.45. The van der Waals surface area contributed by atoms with Crippen molar-refractivity contribution in [3.05, 3.63) is 78.3 Å². The first-order valence-corrected chi connectivity index (χ1v) is 11.4. The van der Waals surface area contributed by atoms with Crippen molar-refractivity contribution in [1.29, 1.82) is 0 Å². The molecular weight excluding hydrogens is 417 g/mol. The summed E-state index contributed by atoms with van der Waals surface area (Å²) in [7, 11) is 2.15. The molecule has 0 bridgehead atoms. The van der Waals surface area contributed by atoms with Gasteiger partial charge in [0.05, 0.1) is 11.4 Å². The van der Waals surface area contributed by atoms with Gasteiger partial charge in [-0.1, -0.05) is 18.2 Å². The average molecular weight is 448 g/mol. The number of carbonyl (C=O) groups excluding carboxylic acids is 1. The van der Waals surface area contributed by atoms with E-state index >= 15 is 0 Å². The molecule has 6 nitrogen and oxygen atoms in total. The van der Waals surface area contributed by atoms with Crippen LogP contribution in [0.4, 0.5) is 4.39 Å². The second-order valence-corrected chi connectivity index (χ2v) is 8.34. The molecule has 1 saturated heterocycles. The summed E-state index contributed by atoms with van der Waals surface area (Å²) < 4.78 is 15.2. The van der Waals surface area contributed by atoms with E-state index in [1.54, 1.807) is 22.9 Å². The summed E-state index contributed by atoms with van der Waals surface area (Å²) in [6.45, 7) is 6.01. The van der Waals surface area contributed by atoms with Gasteiger partial charge in [0, 0.05) is 56.1 Å². The van der Waals surface area contributed by atoms with Crippen molar-refractivity contribution < 1.29 is 9.18 Å². The van der Waals surface area contributed by atoms with Gasteiger partial charge in [0.25, 0.3) is 0 Å². The fourth-order valence-electron chi connectivity index (χ4n) is 3.86. The van der Waals surface area contributed by atoms with Gasteiger partial charge in [-0.05, 0) is 62.5 Å². The van der Waals surface area contributed by atoms with Crippen molar-refractivity contribution in [2.75, 3.05) is 46.3 Å². The molecule has 0 atom stereocenters. The zero-order valence-corrected chi connectivity index (χ0v) is 19.0. The van der Waals surface area contributed by atoms with Crippen LogP contribution in [-0.4, -0.2) is 71.8 Å². The standard InChI is InChI=1S/C26H30FN5O/c1-30-16-18-31(19-17-30)15-5-14-28-25(33)13-10-22-20-32(24-6-3-2-4-7-24)29-26(22)21-8-11-23(27)12-9-21/h2-4,6-13,20H,5,14-19H2,1H3,(H,28,33)/b13-10+. The highest BCUT2D eigenvalue weighted by molar-refractivity contribution is 5.92. The maximum absolute atomic E-state index is 13.4. The van der Waals surface area contributed by atoms with E-state index in [4.69, 9.17) is 5.10 Å². The number of piperazine rings is 1. The molecule has 3 aromatic rings. The first kappa shape index (κ1) is 22.9. The van der Waals surface area contributed by atoms with E-state index in [-0.39, 0.29) is 11.7 Å². The molecule has 0 radical (unpaired) electrons. The predicted molar refractivity (Wildman–Crippen MR) is 130 cm³/mol. The second-order valence-electron chi connectivity index (χ2n) is 8.34. The Balaban J connectivity index is 1.40. The van der Waals surface area contributed by atoms with Crippen LogP contribution in [0.2, 0.25) is 0 Å². The summed E-state index contributed by atoms with van der Waals surface area (Å²) >= 11 is 0. The fraction of sp³-hybridized carbons (Fsp3) is 0.308. The monoisotopic (exact) mass is 447 g/mol. The average Bonchev–Trinajstić information content (AvgIpc) is 3.27. The molecule has 2 aromatic carbocycles. The fourth-order valence-corrected chi connectivity index (χ4v) is 3.86. The molecule has 1 aliphatic heterocycles. The minimum Gasteiger partial charge on any atom is -0.353 e. The second kappa shape index (κ2) is 11.0. The Bertz CT molecular complexity index is 1070. The SMILES string of the molecule is CN1CCN(CCCNC(=O)/C=C/c2cn(-c3ccccc3)nc2-c2ccc(F)cc2)CC1. The van der Waals surface area contributed by atoms with E-state index in [0.29, 0.717) is 12.2 Å². The molecule has 1 aromatic heterocycles. The first-order chi connectivity index (χ1) is 16.1. The highest BCUT2D eigenvalue weighted by Crippen LogP contribution is 2.25. The Morgan fingerprint density at radius 1 is 1.06 bits per heavy atom. The van der Waals surface area contributed by atoms with Gasteiger partial charge in [-0.2, -0.15) is 5.10 Å². The van der Waals surface area contributed by atoms with Gasteiger partial charge < -0.3 is 15.1 Å². The van der Waals surface area contributed by atoms with E-state index in [0.717, 1.165) is 56.0 Å². The quantitative estimate of drug-likeness (QED) is 0.425. The zero-order valence-electron chi connectivity index (χ0n) is 19.0. The molecule has 0 spiro atoms. The van der Waals surface area contributed by atoms with Crippen molar-refractivity contribution in [1.82, 2.24) is 24.9 Å². The normalized spacial score (nSPS) is 15.2. The maximum atomic E-state index is 13.4. The molecular formula is C26H30FN5O. The van der Waals surface area contributed by atoms with Gasteiger partial charge in [-0.3, -0.25) is 4.79 Å². The van der Waals surface area contributed by atoms with E-state index in [9.17, 15) is 9.18 Å². The summed E-state index contributed by atoms with van der Waals surface area (Å²) in [6.07, 6.45) is 6.11. The van der Waals surface area contributed by atoms with Gasteiger partial charge in [0.15, 0.2) is 0 Å². The number of benzene rings is 2.